The van der Waals surface area contributed by atoms with E-state index in [1.165, 1.54) is 0 Å². The lowest BCUT2D eigenvalue weighted by molar-refractivity contribution is -0.128. The summed E-state index contributed by atoms with van der Waals surface area (Å²) in [6, 6.07) is 5.59. The molecule has 3 heterocycles. The molecule has 24 heavy (non-hydrogen) atoms. The van der Waals surface area contributed by atoms with Gasteiger partial charge in [-0.05, 0) is 39.0 Å². The SMILES string of the molecule is CCN1CC(C(=O)Nc2ccc(-n3nc(C)cc3C)nc2)CC1=O. The Morgan fingerprint density at radius 1 is 1.38 bits per heavy atom. The second-order valence-corrected chi connectivity index (χ2v) is 6.07. The van der Waals surface area contributed by atoms with Crippen LogP contribution in [0.1, 0.15) is 24.7 Å². The lowest BCUT2D eigenvalue weighted by Crippen LogP contribution is -2.28. The number of amides is 2. The van der Waals surface area contributed by atoms with E-state index in [2.05, 4.69) is 15.4 Å². The van der Waals surface area contributed by atoms with E-state index in [9.17, 15) is 9.59 Å². The van der Waals surface area contributed by atoms with Gasteiger partial charge in [0.2, 0.25) is 11.8 Å². The number of aryl methyl sites for hydroxylation is 2. The van der Waals surface area contributed by atoms with Gasteiger partial charge in [-0.25, -0.2) is 9.67 Å². The number of nitrogens with zero attached hydrogens (tertiary/aromatic N) is 4. The van der Waals surface area contributed by atoms with Crippen molar-refractivity contribution >= 4 is 17.5 Å². The van der Waals surface area contributed by atoms with Crippen LogP contribution in [0.5, 0.6) is 0 Å². The fourth-order valence-corrected chi connectivity index (χ4v) is 2.94. The summed E-state index contributed by atoms with van der Waals surface area (Å²) in [6.07, 6.45) is 1.88. The number of carbonyl (C=O) groups excluding carboxylic acids is 2. The van der Waals surface area contributed by atoms with Crippen LogP contribution >= 0.6 is 0 Å². The Morgan fingerprint density at radius 3 is 2.71 bits per heavy atom. The molecule has 1 N–H and O–H groups in total. The van der Waals surface area contributed by atoms with Crippen molar-refractivity contribution in [1.82, 2.24) is 19.7 Å². The molecule has 0 aliphatic carbocycles. The summed E-state index contributed by atoms with van der Waals surface area (Å²) in [5.41, 5.74) is 2.55. The molecule has 1 fully saturated rings. The smallest absolute Gasteiger partial charge is 0.229 e. The third-order valence-electron chi connectivity index (χ3n) is 4.21. The molecule has 1 aliphatic heterocycles. The maximum absolute atomic E-state index is 12.3. The van der Waals surface area contributed by atoms with Crippen LogP contribution in [0.2, 0.25) is 0 Å². The highest BCUT2D eigenvalue weighted by Gasteiger charge is 2.33. The van der Waals surface area contributed by atoms with Crippen molar-refractivity contribution < 1.29 is 9.59 Å². The zero-order valence-corrected chi connectivity index (χ0v) is 14.1. The summed E-state index contributed by atoms with van der Waals surface area (Å²) >= 11 is 0. The van der Waals surface area contributed by atoms with E-state index in [1.807, 2.05) is 32.9 Å². The predicted octanol–water partition coefficient (Wildman–Crippen LogP) is 1.69. The quantitative estimate of drug-likeness (QED) is 0.927. The molecule has 0 saturated carbocycles. The molecule has 126 valence electrons. The van der Waals surface area contributed by atoms with Crippen LogP contribution in [0.4, 0.5) is 5.69 Å². The van der Waals surface area contributed by atoms with Gasteiger partial charge in [0.1, 0.15) is 0 Å². The molecule has 2 aromatic heterocycles. The van der Waals surface area contributed by atoms with Crippen LogP contribution in [0.15, 0.2) is 24.4 Å². The number of hydrogen-bond donors (Lipinski definition) is 1. The van der Waals surface area contributed by atoms with Crippen LogP contribution in [-0.4, -0.2) is 44.6 Å². The predicted molar refractivity (Wildman–Crippen MR) is 89.8 cm³/mol. The molecule has 1 atom stereocenters. The van der Waals surface area contributed by atoms with E-state index < -0.39 is 0 Å². The van der Waals surface area contributed by atoms with E-state index in [0.29, 0.717) is 24.6 Å². The van der Waals surface area contributed by atoms with Gasteiger partial charge in [-0.3, -0.25) is 9.59 Å². The molecule has 7 nitrogen and oxygen atoms in total. The molecule has 2 amide bonds. The number of anilines is 1. The minimum Gasteiger partial charge on any atom is -0.342 e. The minimum absolute atomic E-state index is 0.0376. The van der Waals surface area contributed by atoms with Crippen molar-refractivity contribution in [2.45, 2.75) is 27.2 Å². The first-order valence-corrected chi connectivity index (χ1v) is 8.06. The standard InChI is InChI=1S/C17H21N5O2/c1-4-21-10-13(8-16(21)23)17(24)19-14-5-6-15(18-9-14)22-12(3)7-11(2)20-22/h5-7,9,13H,4,8,10H2,1-3H3,(H,19,24). The summed E-state index contributed by atoms with van der Waals surface area (Å²) in [6.45, 7) is 6.94. The molecule has 0 bridgehead atoms. The maximum Gasteiger partial charge on any atom is 0.229 e. The first-order chi connectivity index (χ1) is 11.5. The Hall–Kier alpha value is -2.70. The average Bonchev–Trinajstić information content (AvgIpc) is 3.10. The highest BCUT2D eigenvalue weighted by atomic mass is 16.2. The normalized spacial score (nSPS) is 17.4. The van der Waals surface area contributed by atoms with Gasteiger partial charge < -0.3 is 10.2 Å². The Labute approximate surface area is 140 Å². The Bertz CT molecular complexity index is 766. The topological polar surface area (TPSA) is 80.1 Å². The third kappa shape index (κ3) is 3.15. The second kappa shape index (κ2) is 6.43. The first-order valence-electron chi connectivity index (χ1n) is 8.06. The molecular formula is C17H21N5O2. The van der Waals surface area contributed by atoms with E-state index in [1.54, 1.807) is 21.8 Å². The number of hydrogen-bond acceptors (Lipinski definition) is 4. The van der Waals surface area contributed by atoms with E-state index in [0.717, 1.165) is 11.4 Å². The number of aromatic nitrogens is 3. The number of nitrogens with one attached hydrogen (secondary N) is 1. The fraction of sp³-hybridized carbons (Fsp3) is 0.412. The van der Waals surface area contributed by atoms with Crippen LogP contribution < -0.4 is 5.32 Å². The van der Waals surface area contributed by atoms with Crippen molar-refractivity contribution in [2.75, 3.05) is 18.4 Å². The summed E-state index contributed by atoms with van der Waals surface area (Å²) in [4.78, 5) is 30.1. The molecular weight excluding hydrogens is 306 g/mol. The van der Waals surface area contributed by atoms with Crippen LogP contribution in [-0.2, 0) is 9.59 Å². The number of carbonyl (C=O) groups is 2. The highest BCUT2D eigenvalue weighted by Crippen LogP contribution is 2.20. The zero-order chi connectivity index (χ0) is 17.3. The molecule has 1 unspecified atom stereocenters. The summed E-state index contributed by atoms with van der Waals surface area (Å²) in [5, 5.41) is 7.22. The van der Waals surface area contributed by atoms with Gasteiger partial charge in [-0.1, -0.05) is 0 Å². The molecule has 2 aromatic rings. The summed E-state index contributed by atoms with van der Waals surface area (Å²) < 4.78 is 1.76. The molecule has 0 radical (unpaired) electrons. The Kier molecular flexibility index (Phi) is 4.33. The van der Waals surface area contributed by atoms with Gasteiger partial charge in [0, 0.05) is 25.2 Å². The van der Waals surface area contributed by atoms with Gasteiger partial charge in [-0.15, -0.1) is 0 Å². The van der Waals surface area contributed by atoms with E-state index in [4.69, 9.17) is 0 Å². The maximum atomic E-state index is 12.3. The van der Waals surface area contributed by atoms with Gasteiger partial charge in [-0.2, -0.15) is 5.10 Å². The van der Waals surface area contributed by atoms with Gasteiger partial charge in [0.25, 0.3) is 0 Å². The van der Waals surface area contributed by atoms with Gasteiger partial charge in [0.05, 0.1) is 23.5 Å². The fourth-order valence-electron chi connectivity index (χ4n) is 2.94. The summed E-state index contributed by atoms with van der Waals surface area (Å²) in [5.74, 6) is 0.301. The molecule has 3 rings (SSSR count). The molecule has 0 aromatic carbocycles. The lowest BCUT2D eigenvalue weighted by Gasteiger charge is -2.13. The van der Waals surface area contributed by atoms with Crippen LogP contribution in [0.3, 0.4) is 0 Å². The van der Waals surface area contributed by atoms with E-state index >= 15 is 0 Å². The van der Waals surface area contributed by atoms with Crippen molar-refractivity contribution in [3.63, 3.8) is 0 Å². The third-order valence-corrected chi connectivity index (χ3v) is 4.21. The Morgan fingerprint density at radius 2 is 2.17 bits per heavy atom. The number of rotatable bonds is 4. The van der Waals surface area contributed by atoms with Crippen LogP contribution in [0, 0.1) is 19.8 Å². The average molecular weight is 327 g/mol. The Balaban J connectivity index is 1.67. The highest BCUT2D eigenvalue weighted by molar-refractivity contribution is 5.97. The number of likely N-dealkylation sites (tertiary alicyclic amines) is 1. The van der Waals surface area contributed by atoms with Crippen molar-refractivity contribution in [3.8, 4) is 5.82 Å². The van der Waals surface area contributed by atoms with Crippen molar-refractivity contribution in [1.29, 1.82) is 0 Å². The van der Waals surface area contributed by atoms with Gasteiger partial charge >= 0.3 is 0 Å². The largest absolute Gasteiger partial charge is 0.342 e. The second-order valence-electron chi connectivity index (χ2n) is 6.07. The minimum atomic E-state index is -0.298. The van der Waals surface area contributed by atoms with Crippen molar-refractivity contribution in [2.24, 2.45) is 5.92 Å². The molecule has 1 saturated heterocycles. The van der Waals surface area contributed by atoms with Gasteiger partial charge in [0.15, 0.2) is 5.82 Å². The number of pyridine rings is 1. The molecule has 1 aliphatic rings. The molecule has 0 spiro atoms. The van der Waals surface area contributed by atoms with E-state index in [-0.39, 0.29) is 24.2 Å². The lowest BCUT2D eigenvalue weighted by atomic mass is 10.1. The first kappa shape index (κ1) is 16.2. The zero-order valence-electron chi connectivity index (χ0n) is 14.1. The van der Waals surface area contributed by atoms with Crippen molar-refractivity contribution in [3.05, 3.63) is 35.8 Å². The van der Waals surface area contributed by atoms with Crippen LogP contribution in [0.25, 0.3) is 5.82 Å². The summed E-state index contributed by atoms with van der Waals surface area (Å²) in [7, 11) is 0. The molecule has 7 heteroatoms. The monoisotopic (exact) mass is 327 g/mol.